The zero-order valence-electron chi connectivity index (χ0n) is 12.1. The molecule has 119 valence electrons. The molecule has 7 heteroatoms. The van der Waals surface area contributed by atoms with E-state index in [0.717, 1.165) is 4.47 Å². The van der Waals surface area contributed by atoms with E-state index in [1.807, 2.05) is 0 Å². The molecule has 0 bridgehead atoms. The van der Waals surface area contributed by atoms with Gasteiger partial charge in [-0.3, -0.25) is 14.9 Å². The van der Waals surface area contributed by atoms with E-state index in [1.165, 1.54) is 18.3 Å². The second-order valence-electron chi connectivity index (χ2n) is 4.97. The van der Waals surface area contributed by atoms with Gasteiger partial charge in [0.15, 0.2) is 0 Å². The molecule has 1 radical (unpaired) electrons. The Kier molecular flexibility index (Phi) is 4.18. The van der Waals surface area contributed by atoms with Crippen LogP contribution in [0.3, 0.4) is 0 Å². The fourth-order valence-electron chi connectivity index (χ4n) is 2.28. The first-order valence-electron chi connectivity index (χ1n) is 6.83. The molecule has 1 heterocycles. The van der Waals surface area contributed by atoms with E-state index < -0.39 is 17.8 Å². The second kappa shape index (κ2) is 6.29. The second-order valence-corrected chi connectivity index (χ2v) is 5.89. The van der Waals surface area contributed by atoms with Crippen molar-refractivity contribution in [3.63, 3.8) is 0 Å². The number of halogens is 1. The molecule has 24 heavy (non-hydrogen) atoms. The SMILES string of the molecule is O=C1NC(=O)c2ccc(Br)cc2/C1=C/Nc1cc[c]c(C(=O)O)c1. The third-order valence-corrected chi connectivity index (χ3v) is 3.90. The van der Waals surface area contributed by atoms with Crippen molar-refractivity contribution >= 4 is 45.0 Å². The highest BCUT2D eigenvalue weighted by molar-refractivity contribution is 9.10. The monoisotopic (exact) mass is 385 g/mol. The number of rotatable bonds is 3. The van der Waals surface area contributed by atoms with Gasteiger partial charge < -0.3 is 10.4 Å². The molecule has 0 saturated carbocycles. The lowest BCUT2D eigenvalue weighted by Crippen LogP contribution is -2.36. The van der Waals surface area contributed by atoms with E-state index in [9.17, 15) is 14.4 Å². The number of carbonyl (C=O) groups is 3. The van der Waals surface area contributed by atoms with E-state index in [2.05, 4.69) is 32.6 Å². The summed E-state index contributed by atoms with van der Waals surface area (Å²) in [5.74, 6) is -2.08. The number of nitrogens with one attached hydrogen (secondary N) is 2. The molecule has 2 aromatic carbocycles. The van der Waals surface area contributed by atoms with Crippen molar-refractivity contribution in [3.05, 3.63) is 69.8 Å². The Morgan fingerprint density at radius 2 is 1.96 bits per heavy atom. The van der Waals surface area contributed by atoms with Gasteiger partial charge in [-0.1, -0.05) is 22.0 Å². The number of hydrogen-bond donors (Lipinski definition) is 3. The number of carboxylic acids is 1. The molecule has 0 unspecified atom stereocenters. The maximum absolute atomic E-state index is 12.1. The van der Waals surface area contributed by atoms with Crippen molar-refractivity contribution < 1.29 is 19.5 Å². The Labute approximate surface area is 145 Å². The highest BCUT2D eigenvalue weighted by Crippen LogP contribution is 2.27. The first kappa shape index (κ1) is 15.9. The Morgan fingerprint density at radius 3 is 2.71 bits per heavy atom. The number of fused-ring (bicyclic) bond motifs is 1. The Morgan fingerprint density at radius 1 is 1.17 bits per heavy atom. The number of benzene rings is 2. The molecule has 0 fully saturated rings. The van der Waals surface area contributed by atoms with Crippen LogP contribution in [-0.2, 0) is 4.79 Å². The van der Waals surface area contributed by atoms with Crippen LogP contribution in [0.1, 0.15) is 26.3 Å². The lowest BCUT2D eigenvalue weighted by Gasteiger charge is -2.18. The molecule has 0 saturated heterocycles. The standard InChI is InChI=1S/C17H10BrN2O4/c18-10-4-5-12-13(7-10)14(16(22)20-15(12)21)8-19-11-3-1-2-9(6-11)17(23)24/h1,3-8,19H,(H,23,24)(H,20,21,22)/b14-8-. The van der Waals surface area contributed by atoms with E-state index in [-0.39, 0.29) is 11.1 Å². The minimum atomic E-state index is -1.10. The Bertz CT molecular complexity index is 905. The van der Waals surface area contributed by atoms with Gasteiger partial charge in [-0.2, -0.15) is 0 Å². The number of aromatic carboxylic acids is 1. The van der Waals surface area contributed by atoms with Gasteiger partial charge in [0.1, 0.15) is 0 Å². The number of imide groups is 1. The lowest BCUT2D eigenvalue weighted by atomic mass is 9.95. The summed E-state index contributed by atoms with van der Waals surface area (Å²) in [5, 5.41) is 14.1. The van der Waals surface area contributed by atoms with Crippen LogP contribution in [0, 0.1) is 6.07 Å². The van der Waals surface area contributed by atoms with Gasteiger partial charge >= 0.3 is 5.97 Å². The number of hydrogen-bond acceptors (Lipinski definition) is 4. The van der Waals surface area contributed by atoms with Crippen LogP contribution >= 0.6 is 15.9 Å². The summed E-state index contributed by atoms with van der Waals surface area (Å²) in [5.41, 5.74) is 1.64. The summed E-state index contributed by atoms with van der Waals surface area (Å²) in [6.07, 6.45) is 1.44. The molecule has 0 aromatic heterocycles. The van der Waals surface area contributed by atoms with Gasteiger partial charge in [0.25, 0.3) is 11.8 Å². The topological polar surface area (TPSA) is 95.5 Å². The first-order chi connectivity index (χ1) is 11.5. The molecule has 1 aliphatic heterocycles. The molecule has 0 atom stereocenters. The van der Waals surface area contributed by atoms with E-state index in [0.29, 0.717) is 16.8 Å². The largest absolute Gasteiger partial charge is 0.478 e. The summed E-state index contributed by atoms with van der Waals surface area (Å²) in [6, 6.07) is 12.1. The molecular weight excluding hydrogens is 376 g/mol. The normalized spacial score (nSPS) is 15.0. The van der Waals surface area contributed by atoms with Gasteiger partial charge in [0.2, 0.25) is 0 Å². The van der Waals surface area contributed by atoms with Crippen LogP contribution in [0.4, 0.5) is 5.69 Å². The van der Waals surface area contributed by atoms with Crippen molar-refractivity contribution in [2.24, 2.45) is 0 Å². The molecule has 0 spiro atoms. The predicted molar refractivity (Wildman–Crippen MR) is 90.5 cm³/mol. The van der Waals surface area contributed by atoms with Crippen molar-refractivity contribution in [3.8, 4) is 0 Å². The third-order valence-electron chi connectivity index (χ3n) is 3.40. The third kappa shape index (κ3) is 3.07. The average molecular weight is 386 g/mol. The maximum Gasteiger partial charge on any atom is 0.336 e. The summed E-state index contributed by atoms with van der Waals surface area (Å²) >= 11 is 3.32. The predicted octanol–water partition coefficient (Wildman–Crippen LogP) is 2.67. The van der Waals surface area contributed by atoms with Crippen molar-refractivity contribution in [2.75, 3.05) is 5.32 Å². The molecule has 6 nitrogen and oxygen atoms in total. The zero-order valence-corrected chi connectivity index (χ0v) is 13.7. The first-order valence-corrected chi connectivity index (χ1v) is 7.62. The van der Waals surface area contributed by atoms with Crippen LogP contribution in [0.2, 0.25) is 0 Å². The number of carbonyl (C=O) groups excluding carboxylic acids is 2. The molecule has 2 amide bonds. The van der Waals surface area contributed by atoms with Crippen LogP contribution < -0.4 is 10.6 Å². The quantitative estimate of drug-likeness (QED) is 0.557. The van der Waals surface area contributed by atoms with E-state index in [1.54, 1.807) is 24.3 Å². The van der Waals surface area contributed by atoms with Crippen molar-refractivity contribution in [1.29, 1.82) is 0 Å². The average Bonchev–Trinajstić information content (AvgIpc) is 2.54. The van der Waals surface area contributed by atoms with E-state index in [4.69, 9.17) is 5.11 Å². The Balaban J connectivity index is 1.98. The molecule has 0 aliphatic carbocycles. The van der Waals surface area contributed by atoms with Crippen LogP contribution in [-0.4, -0.2) is 22.9 Å². The molecular formula is C17H10BrN2O4. The summed E-state index contributed by atoms with van der Waals surface area (Å²) in [6.45, 7) is 0. The number of amides is 2. The molecule has 2 aromatic rings. The fourth-order valence-corrected chi connectivity index (χ4v) is 2.64. The number of carboxylic acid groups (broad SMARTS) is 1. The highest BCUT2D eigenvalue weighted by Gasteiger charge is 2.27. The van der Waals surface area contributed by atoms with Crippen LogP contribution in [0.15, 0.2) is 47.1 Å². The van der Waals surface area contributed by atoms with Gasteiger partial charge in [0.05, 0.1) is 11.1 Å². The highest BCUT2D eigenvalue weighted by atomic mass is 79.9. The lowest BCUT2D eigenvalue weighted by molar-refractivity contribution is -0.114. The minimum absolute atomic E-state index is 0.00446. The summed E-state index contributed by atoms with van der Waals surface area (Å²) < 4.78 is 0.733. The van der Waals surface area contributed by atoms with Gasteiger partial charge in [0, 0.05) is 27.5 Å². The van der Waals surface area contributed by atoms with Gasteiger partial charge in [-0.15, -0.1) is 0 Å². The molecule has 1 aliphatic rings. The summed E-state index contributed by atoms with van der Waals surface area (Å²) in [7, 11) is 0. The van der Waals surface area contributed by atoms with Crippen LogP contribution in [0.5, 0.6) is 0 Å². The molecule has 3 N–H and O–H groups in total. The summed E-state index contributed by atoms with van der Waals surface area (Å²) in [4.78, 5) is 35.0. The Hall–Kier alpha value is -2.93. The maximum atomic E-state index is 12.1. The van der Waals surface area contributed by atoms with E-state index >= 15 is 0 Å². The van der Waals surface area contributed by atoms with Gasteiger partial charge in [-0.25, -0.2) is 4.79 Å². The van der Waals surface area contributed by atoms with Gasteiger partial charge in [-0.05, 0) is 36.4 Å². The van der Waals surface area contributed by atoms with Crippen LogP contribution in [0.25, 0.3) is 5.57 Å². The zero-order chi connectivity index (χ0) is 17.3. The van der Waals surface area contributed by atoms with Crippen molar-refractivity contribution in [1.82, 2.24) is 5.32 Å². The molecule has 3 rings (SSSR count). The fraction of sp³-hybridized carbons (Fsp3) is 0. The van der Waals surface area contributed by atoms with Crippen molar-refractivity contribution in [2.45, 2.75) is 0 Å². The number of anilines is 1. The smallest absolute Gasteiger partial charge is 0.336 e. The minimum Gasteiger partial charge on any atom is -0.478 e.